The summed E-state index contributed by atoms with van der Waals surface area (Å²) in [6.45, 7) is 20.8. The Morgan fingerprint density at radius 1 is 0.673 bits per heavy atom. The molecule has 8 unspecified atom stereocenters. The molecule has 1 aromatic rings. The molecule has 11 rings (SSSR count). The Bertz CT molecular complexity index is 1270. The predicted octanol–water partition coefficient (Wildman–Crippen LogP) is 11.5. The van der Waals surface area contributed by atoms with Crippen LogP contribution in [0.3, 0.4) is 0 Å². The second-order valence-corrected chi connectivity index (χ2v) is 29.2. The number of rotatable bonds is 9. The van der Waals surface area contributed by atoms with Crippen molar-refractivity contribution in [2.24, 2.45) is 45.3 Å². The highest BCUT2D eigenvalue weighted by Gasteiger charge is 2.64. The van der Waals surface area contributed by atoms with Crippen LogP contribution in [-0.4, -0.2) is 47.8 Å². The van der Waals surface area contributed by atoms with Crippen molar-refractivity contribution in [3.8, 4) is 0 Å². The maximum atomic E-state index is 3.80. The van der Waals surface area contributed by atoms with Crippen molar-refractivity contribution in [2.75, 3.05) is 26.2 Å². The van der Waals surface area contributed by atoms with Crippen molar-refractivity contribution < 1.29 is 0 Å². The van der Waals surface area contributed by atoms with E-state index in [1.165, 1.54) is 45.2 Å². The van der Waals surface area contributed by atoms with Crippen LogP contribution in [-0.2, 0) is 6.16 Å². The molecule has 8 saturated carbocycles. The van der Waals surface area contributed by atoms with Crippen LogP contribution < -0.4 is 10.6 Å². The lowest BCUT2D eigenvalue weighted by Gasteiger charge is -2.68. The van der Waals surface area contributed by atoms with Gasteiger partial charge in [0.15, 0.2) is 0 Å². The van der Waals surface area contributed by atoms with Crippen LogP contribution >= 0.6 is 25.1 Å². The first kappa shape index (κ1) is 35.2. The van der Waals surface area contributed by atoms with Crippen LogP contribution in [0.25, 0.3) is 0 Å². The lowest BCUT2D eigenvalue weighted by atomic mass is 9.43. The standard InChI is InChI=1S/C44H71N2P3/c1-39(2,3)41-17-30-15-31(18-41)22-43(21-30,28-41)47-38(48-44-23-32-16-33(24-44)20-42(19-32,29-44)40(4,5)6)37-10-8-7-9-34(37)27-49(35-11-13-45-25-35)36-12-14-46-26-36/h7-10,30-33,35-36,38,45-48H,11-29H2,1-6H3. The van der Waals surface area contributed by atoms with Gasteiger partial charge in [-0.2, -0.15) is 0 Å². The molecule has 8 aliphatic carbocycles. The number of hydrogen-bond acceptors (Lipinski definition) is 2. The van der Waals surface area contributed by atoms with Crippen LogP contribution in [0.1, 0.15) is 148 Å². The highest BCUT2D eigenvalue weighted by Crippen LogP contribution is 2.78. The van der Waals surface area contributed by atoms with Crippen molar-refractivity contribution in [1.82, 2.24) is 10.6 Å². The van der Waals surface area contributed by atoms with E-state index in [1.807, 2.05) is 11.1 Å². The molecule has 1 aromatic carbocycles. The lowest BCUT2D eigenvalue weighted by molar-refractivity contribution is -0.103. The SMILES string of the molecule is CC(C)(C)C12CC3CC(CC(PC(PC45CC6CC(C4)CC(C(C)(C)C)(C6)C5)c4ccccc4CP(C4CCNC4)C4CCNC4)(C3)C1)C2. The van der Waals surface area contributed by atoms with E-state index >= 15 is 0 Å². The zero-order chi connectivity index (χ0) is 33.9. The molecule has 2 nitrogen and oxygen atoms in total. The van der Waals surface area contributed by atoms with Crippen LogP contribution in [0.15, 0.2) is 24.3 Å². The summed E-state index contributed by atoms with van der Waals surface area (Å²) in [5.74, 6) is 4.03. The van der Waals surface area contributed by atoms with Gasteiger partial charge in [0, 0.05) is 18.5 Å². The molecule has 2 saturated heterocycles. The molecule has 10 fully saturated rings. The molecule has 49 heavy (non-hydrogen) atoms. The summed E-state index contributed by atoms with van der Waals surface area (Å²) in [5.41, 5.74) is 7.57. The molecular formula is C44H71N2P3. The van der Waals surface area contributed by atoms with Gasteiger partial charge in [-0.05, 0) is 187 Å². The summed E-state index contributed by atoms with van der Waals surface area (Å²) < 4.78 is 0. The fraction of sp³-hybridized carbons (Fsp3) is 0.864. The van der Waals surface area contributed by atoms with E-state index < -0.39 is 0 Å². The Labute approximate surface area is 306 Å². The van der Waals surface area contributed by atoms with E-state index in [1.54, 1.807) is 77.0 Å². The summed E-state index contributed by atoms with van der Waals surface area (Å²) in [6, 6.07) is 10.3. The molecule has 5 heteroatoms. The monoisotopic (exact) mass is 720 g/mol. The van der Waals surface area contributed by atoms with Crippen molar-refractivity contribution >= 4 is 25.1 Å². The Morgan fingerprint density at radius 2 is 1.12 bits per heavy atom. The van der Waals surface area contributed by atoms with Gasteiger partial charge in [0.25, 0.3) is 0 Å². The summed E-state index contributed by atoms with van der Waals surface area (Å²) in [4.78, 5) is 0. The average Bonchev–Trinajstić information content (AvgIpc) is 3.73. The van der Waals surface area contributed by atoms with Gasteiger partial charge >= 0.3 is 0 Å². The molecule has 0 aromatic heterocycles. The smallest absolute Gasteiger partial charge is 0.0199 e. The third-order valence-corrected chi connectivity index (χ3v) is 24.9. The molecule has 2 aliphatic heterocycles. The van der Waals surface area contributed by atoms with E-state index in [4.69, 9.17) is 0 Å². The van der Waals surface area contributed by atoms with Gasteiger partial charge in [-0.1, -0.05) is 73.7 Å². The first-order chi connectivity index (χ1) is 23.3. The van der Waals surface area contributed by atoms with Gasteiger partial charge in [0.1, 0.15) is 0 Å². The largest absolute Gasteiger partial charge is 0.316 e. The van der Waals surface area contributed by atoms with Crippen LogP contribution in [0, 0.1) is 45.3 Å². The normalized spacial score (nSPS) is 45.8. The summed E-state index contributed by atoms with van der Waals surface area (Å²) >= 11 is 0. The molecule has 8 bridgehead atoms. The van der Waals surface area contributed by atoms with E-state index in [-0.39, 0.29) is 7.92 Å². The predicted molar refractivity (Wildman–Crippen MR) is 218 cm³/mol. The van der Waals surface area contributed by atoms with Gasteiger partial charge < -0.3 is 10.6 Å². The first-order valence-corrected chi connectivity index (χ1v) is 24.9. The molecule has 272 valence electrons. The minimum Gasteiger partial charge on any atom is -0.316 e. The minimum atomic E-state index is -0.0105. The number of hydrogen-bond donors (Lipinski definition) is 2. The quantitative estimate of drug-likeness (QED) is 0.248. The van der Waals surface area contributed by atoms with Gasteiger partial charge in [-0.25, -0.2) is 0 Å². The average molecular weight is 721 g/mol. The van der Waals surface area contributed by atoms with Gasteiger partial charge in [-0.3, -0.25) is 0 Å². The van der Waals surface area contributed by atoms with Crippen molar-refractivity contribution in [3.05, 3.63) is 35.4 Å². The Kier molecular flexibility index (Phi) is 8.95. The van der Waals surface area contributed by atoms with Gasteiger partial charge in [0.2, 0.25) is 0 Å². The van der Waals surface area contributed by atoms with Crippen LogP contribution in [0.2, 0.25) is 0 Å². The van der Waals surface area contributed by atoms with Crippen molar-refractivity contribution in [1.29, 1.82) is 0 Å². The maximum absolute atomic E-state index is 3.80. The molecule has 0 radical (unpaired) electrons. The molecular weight excluding hydrogens is 649 g/mol. The second-order valence-electron chi connectivity index (χ2n) is 21.9. The van der Waals surface area contributed by atoms with E-state index in [0.717, 1.165) is 57.6 Å². The molecule has 2 heterocycles. The number of nitrogens with one attached hydrogen (secondary N) is 2. The topological polar surface area (TPSA) is 24.1 Å². The summed E-state index contributed by atoms with van der Waals surface area (Å²) in [7, 11) is 2.28. The summed E-state index contributed by atoms with van der Waals surface area (Å²) in [6.07, 6.45) is 22.9. The van der Waals surface area contributed by atoms with E-state index in [2.05, 4.69) is 76.4 Å². The Balaban J connectivity index is 1.09. The van der Waals surface area contributed by atoms with E-state index in [0.29, 0.717) is 32.0 Å². The zero-order valence-electron chi connectivity index (χ0n) is 32.2. The Hall–Kier alpha value is 0.430. The molecule has 8 atom stereocenters. The fourth-order valence-corrected chi connectivity index (χ4v) is 25.2. The zero-order valence-corrected chi connectivity index (χ0v) is 35.1. The van der Waals surface area contributed by atoms with Crippen LogP contribution in [0.5, 0.6) is 0 Å². The minimum absolute atomic E-state index is 0.0105. The third-order valence-electron chi connectivity index (χ3n) is 16.9. The number of benzene rings is 1. The molecule has 2 N–H and O–H groups in total. The lowest BCUT2D eigenvalue weighted by Crippen LogP contribution is -2.58. The fourth-order valence-electron chi connectivity index (χ4n) is 15.0. The van der Waals surface area contributed by atoms with Gasteiger partial charge in [0.05, 0.1) is 0 Å². The third kappa shape index (κ3) is 6.23. The highest BCUT2D eigenvalue weighted by molar-refractivity contribution is 7.59. The van der Waals surface area contributed by atoms with Crippen molar-refractivity contribution in [3.63, 3.8) is 0 Å². The Morgan fingerprint density at radius 3 is 1.53 bits per heavy atom. The van der Waals surface area contributed by atoms with Crippen LogP contribution in [0.4, 0.5) is 0 Å². The van der Waals surface area contributed by atoms with Gasteiger partial charge in [-0.15, -0.1) is 17.2 Å². The van der Waals surface area contributed by atoms with E-state index in [9.17, 15) is 0 Å². The maximum Gasteiger partial charge on any atom is 0.0199 e. The molecule has 10 aliphatic rings. The molecule has 0 spiro atoms. The summed E-state index contributed by atoms with van der Waals surface area (Å²) in [5, 5.41) is 9.63. The highest BCUT2D eigenvalue weighted by atomic mass is 31.1. The van der Waals surface area contributed by atoms with Crippen molar-refractivity contribution in [2.45, 2.75) is 165 Å². The first-order valence-electron chi connectivity index (χ1n) is 21.1. The molecule has 0 amide bonds. The second kappa shape index (κ2) is 12.5.